The fraction of sp³-hybridized carbons (Fsp3) is 0.471. The summed E-state index contributed by atoms with van der Waals surface area (Å²) in [6.45, 7) is 3.28. The van der Waals surface area contributed by atoms with Crippen molar-refractivity contribution in [1.29, 1.82) is 0 Å². The van der Waals surface area contributed by atoms with Gasteiger partial charge in [0.2, 0.25) is 0 Å². The number of nitrogens with zero attached hydrogens (tertiary/aromatic N) is 3. The third kappa shape index (κ3) is 4.15. The van der Waals surface area contributed by atoms with Crippen LogP contribution in [-0.2, 0) is 17.0 Å². The van der Waals surface area contributed by atoms with E-state index >= 15 is 0 Å². The van der Waals surface area contributed by atoms with Gasteiger partial charge in [0, 0.05) is 31.0 Å². The molecule has 0 unspecified atom stereocenters. The van der Waals surface area contributed by atoms with E-state index < -0.39 is 0 Å². The second-order valence-electron chi connectivity index (χ2n) is 5.87. The minimum Gasteiger partial charge on any atom is -0.383 e. The van der Waals surface area contributed by atoms with Crippen LogP contribution in [-0.4, -0.2) is 40.4 Å². The lowest BCUT2D eigenvalue weighted by atomic mass is 10.1. The van der Waals surface area contributed by atoms with Crippen molar-refractivity contribution in [3.63, 3.8) is 0 Å². The van der Waals surface area contributed by atoms with Crippen LogP contribution < -0.4 is 5.32 Å². The van der Waals surface area contributed by atoms with E-state index in [9.17, 15) is 4.79 Å². The maximum Gasteiger partial charge on any atom is 0.251 e. The molecule has 1 amide bonds. The smallest absolute Gasteiger partial charge is 0.251 e. The molecular weight excluding hydrogens is 324 g/mol. The summed E-state index contributed by atoms with van der Waals surface area (Å²) in [7, 11) is 1.68. The molecule has 1 heterocycles. The minimum absolute atomic E-state index is 0.0192. The van der Waals surface area contributed by atoms with Crippen LogP contribution in [0.5, 0.6) is 0 Å². The van der Waals surface area contributed by atoms with Crippen molar-refractivity contribution >= 4 is 17.7 Å². The van der Waals surface area contributed by atoms with Crippen LogP contribution in [0.4, 0.5) is 0 Å². The zero-order valence-electron chi connectivity index (χ0n) is 14.0. The van der Waals surface area contributed by atoms with Crippen LogP contribution in [0.2, 0.25) is 0 Å². The van der Waals surface area contributed by atoms with Crippen LogP contribution in [0.25, 0.3) is 0 Å². The summed E-state index contributed by atoms with van der Waals surface area (Å²) in [5, 5.41) is 12.3. The highest BCUT2D eigenvalue weighted by Crippen LogP contribution is 2.25. The molecule has 0 aliphatic heterocycles. The second kappa shape index (κ2) is 7.81. The zero-order chi connectivity index (χ0) is 16.9. The van der Waals surface area contributed by atoms with Gasteiger partial charge in [-0.25, -0.2) is 0 Å². The van der Waals surface area contributed by atoms with E-state index in [0.717, 1.165) is 41.5 Å². The topological polar surface area (TPSA) is 69.0 Å². The van der Waals surface area contributed by atoms with Crippen LogP contribution in [0.15, 0.2) is 29.4 Å². The van der Waals surface area contributed by atoms with E-state index in [4.69, 9.17) is 4.74 Å². The van der Waals surface area contributed by atoms with Crippen molar-refractivity contribution in [2.24, 2.45) is 0 Å². The molecule has 0 bridgehead atoms. The number of thioether (sulfide) groups is 1. The molecule has 1 aliphatic carbocycles. The Bertz CT molecular complexity index is 712. The van der Waals surface area contributed by atoms with Gasteiger partial charge in [-0.3, -0.25) is 4.79 Å². The monoisotopic (exact) mass is 346 g/mol. The molecule has 3 rings (SSSR count). The summed E-state index contributed by atoms with van der Waals surface area (Å²) in [4.78, 5) is 12.4. The average molecular weight is 346 g/mol. The van der Waals surface area contributed by atoms with Crippen molar-refractivity contribution < 1.29 is 9.53 Å². The highest BCUT2D eigenvalue weighted by atomic mass is 32.2. The van der Waals surface area contributed by atoms with E-state index in [2.05, 4.69) is 15.5 Å². The predicted octanol–water partition coefficient (Wildman–Crippen LogP) is 2.42. The number of carbonyl (C=O) groups excluding carboxylic acids is 1. The molecule has 2 aromatic rings. The van der Waals surface area contributed by atoms with Gasteiger partial charge in [-0.15, -0.1) is 10.2 Å². The zero-order valence-corrected chi connectivity index (χ0v) is 14.8. The van der Waals surface area contributed by atoms with Gasteiger partial charge in [-0.1, -0.05) is 30.0 Å². The lowest BCUT2D eigenvalue weighted by Gasteiger charge is -2.10. The molecule has 6 nitrogen and oxygen atoms in total. The molecule has 24 heavy (non-hydrogen) atoms. The summed E-state index contributed by atoms with van der Waals surface area (Å²) < 4.78 is 7.19. The van der Waals surface area contributed by atoms with Gasteiger partial charge < -0.3 is 14.6 Å². The van der Waals surface area contributed by atoms with E-state index in [1.165, 1.54) is 0 Å². The standard InChI is InChI=1S/C17H22N4O2S/c1-12-19-20-17(21(12)9-10-23-2)24-11-13-5-3-4-6-15(13)16(22)18-14-7-8-14/h3-6,14H,7-11H2,1-2H3,(H,18,22). The van der Waals surface area contributed by atoms with Crippen molar-refractivity contribution in [3.8, 4) is 0 Å². The van der Waals surface area contributed by atoms with Crippen LogP contribution in [0, 0.1) is 6.92 Å². The fourth-order valence-electron chi connectivity index (χ4n) is 2.41. The van der Waals surface area contributed by atoms with Gasteiger partial charge in [0.1, 0.15) is 5.82 Å². The largest absolute Gasteiger partial charge is 0.383 e. The average Bonchev–Trinajstić information content (AvgIpc) is 3.33. The third-order valence-electron chi connectivity index (χ3n) is 3.95. The lowest BCUT2D eigenvalue weighted by molar-refractivity contribution is 0.0950. The molecule has 0 atom stereocenters. The Labute approximate surface area is 146 Å². The number of ether oxygens (including phenoxy) is 1. The number of hydrogen-bond donors (Lipinski definition) is 1. The number of amides is 1. The van der Waals surface area contributed by atoms with Crippen LogP contribution in [0.3, 0.4) is 0 Å². The summed E-state index contributed by atoms with van der Waals surface area (Å²) in [6.07, 6.45) is 2.18. The first kappa shape index (κ1) is 17.0. The third-order valence-corrected chi connectivity index (χ3v) is 4.97. The first-order valence-corrected chi connectivity index (χ1v) is 9.08. The fourth-order valence-corrected chi connectivity index (χ4v) is 3.42. The molecule has 7 heteroatoms. The van der Waals surface area contributed by atoms with Crippen molar-refractivity contribution in [2.75, 3.05) is 13.7 Å². The summed E-state index contributed by atoms with van der Waals surface area (Å²) >= 11 is 1.59. The van der Waals surface area contributed by atoms with Gasteiger partial charge >= 0.3 is 0 Å². The number of rotatable bonds is 8. The van der Waals surface area contributed by atoms with Crippen molar-refractivity contribution in [3.05, 3.63) is 41.2 Å². The maximum absolute atomic E-state index is 12.4. The molecule has 1 fully saturated rings. The Kier molecular flexibility index (Phi) is 5.52. The van der Waals surface area contributed by atoms with E-state index in [0.29, 0.717) is 18.4 Å². The molecule has 1 saturated carbocycles. The SMILES string of the molecule is COCCn1c(C)nnc1SCc1ccccc1C(=O)NC1CC1. The van der Waals surface area contributed by atoms with Crippen LogP contribution >= 0.6 is 11.8 Å². The Morgan fingerprint density at radius 1 is 1.38 bits per heavy atom. The van der Waals surface area contributed by atoms with Crippen molar-refractivity contribution in [1.82, 2.24) is 20.1 Å². The Morgan fingerprint density at radius 3 is 2.92 bits per heavy atom. The van der Waals surface area contributed by atoms with E-state index in [1.54, 1.807) is 18.9 Å². The van der Waals surface area contributed by atoms with Gasteiger partial charge in [0.15, 0.2) is 5.16 Å². The summed E-state index contributed by atoms with van der Waals surface area (Å²) in [6, 6.07) is 8.11. The normalized spacial score (nSPS) is 13.9. The van der Waals surface area contributed by atoms with Gasteiger partial charge in [-0.2, -0.15) is 0 Å². The number of aryl methyl sites for hydroxylation is 1. The molecule has 1 aromatic carbocycles. The first-order chi connectivity index (χ1) is 11.7. The number of aromatic nitrogens is 3. The molecule has 0 radical (unpaired) electrons. The molecule has 1 aromatic heterocycles. The molecular formula is C17H22N4O2S. The minimum atomic E-state index is 0.0192. The summed E-state index contributed by atoms with van der Waals surface area (Å²) in [5.74, 6) is 1.57. The number of nitrogens with one attached hydrogen (secondary N) is 1. The number of methoxy groups -OCH3 is 1. The Balaban J connectivity index is 1.69. The van der Waals surface area contributed by atoms with Gasteiger partial charge in [0.05, 0.1) is 6.61 Å². The number of carbonyl (C=O) groups is 1. The quantitative estimate of drug-likeness (QED) is 0.744. The Morgan fingerprint density at radius 2 is 2.17 bits per heavy atom. The van der Waals surface area contributed by atoms with Gasteiger partial charge in [-0.05, 0) is 31.4 Å². The van der Waals surface area contributed by atoms with Gasteiger partial charge in [0.25, 0.3) is 5.91 Å². The number of benzene rings is 1. The lowest BCUT2D eigenvalue weighted by Crippen LogP contribution is -2.26. The number of hydrogen-bond acceptors (Lipinski definition) is 5. The maximum atomic E-state index is 12.4. The van der Waals surface area contributed by atoms with Crippen LogP contribution in [0.1, 0.15) is 34.6 Å². The highest BCUT2D eigenvalue weighted by Gasteiger charge is 2.24. The van der Waals surface area contributed by atoms with E-state index in [-0.39, 0.29) is 5.91 Å². The highest BCUT2D eigenvalue weighted by molar-refractivity contribution is 7.98. The molecule has 128 valence electrons. The summed E-state index contributed by atoms with van der Waals surface area (Å²) in [5.41, 5.74) is 1.76. The van der Waals surface area contributed by atoms with E-state index in [1.807, 2.05) is 35.8 Å². The second-order valence-corrected chi connectivity index (χ2v) is 6.81. The molecule has 0 saturated heterocycles. The van der Waals surface area contributed by atoms with Crippen molar-refractivity contribution in [2.45, 2.75) is 43.3 Å². The first-order valence-electron chi connectivity index (χ1n) is 8.09. The Hall–Kier alpha value is -1.86. The predicted molar refractivity (Wildman–Crippen MR) is 93.1 cm³/mol. The molecule has 1 N–H and O–H groups in total. The molecule has 1 aliphatic rings. The molecule has 0 spiro atoms.